The van der Waals surface area contributed by atoms with Crippen LogP contribution < -0.4 is 5.32 Å². The van der Waals surface area contributed by atoms with Crippen LogP contribution in [-0.4, -0.2) is 11.5 Å². The van der Waals surface area contributed by atoms with Crippen LogP contribution in [0.2, 0.25) is 0 Å². The normalized spacial score (nSPS) is 12.3. The molecule has 0 saturated carbocycles. The molecule has 0 fully saturated rings. The van der Waals surface area contributed by atoms with E-state index in [0.29, 0.717) is 0 Å². The summed E-state index contributed by atoms with van der Waals surface area (Å²) in [6.45, 7) is 1.11. The summed E-state index contributed by atoms with van der Waals surface area (Å²) < 4.78 is 0. The van der Waals surface area contributed by atoms with Crippen molar-refractivity contribution in [2.75, 3.05) is 11.9 Å². The number of anilines is 1. The first kappa shape index (κ1) is 9.21. The second-order valence-electron chi connectivity index (χ2n) is 3.01. The topological polar surface area (TPSA) is 24.9 Å². The van der Waals surface area contributed by atoms with Crippen molar-refractivity contribution in [3.8, 4) is 0 Å². The van der Waals surface area contributed by atoms with Crippen molar-refractivity contribution in [2.45, 2.75) is 6.42 Å². The number of thiazole rings is 1. The van der Waals surface area contributed by atoms with E-state index < -0.39 is 0 Å². The number of fused-ring (bicyclic) bond motifs is 1. The van der Waals surface area contributed by atoms with Gasteiger partial charge < -0.3 is 5.32 Å². The first-order valence-electron chi connectivity index (χ1n) is 4.61. The lowest BCUT2D eigenvalue weighted by Crippen LogP contribution is -1.90. The lowest BCUT2D eigenvalue weighted by Gasteiger charge is -1.94. The second kappa shape index (κ2) is 4.77. The number of nitrogens with one attached hydrogen (secondary N) is 1. The van der Waals surface area contributed by atoms with E-state index in [4.69, 9.17) is 0 Å². The largest absolute Gasteiger partial charge is 0.384 e. The molecule has 14 heavy (non-hydrogen) atoms. The van der Waals surface area contributed by atoms with Gasteiger partial charge in [0.2, 0.25) is 0 Å². The van der Waals surface area contributed by atoms with Crippen LogP contribution >= 0.6 is 11.3 Å². The number of para-hydroxylation sites is 1. The molecule has 1 aromatic carbocycles. The Labute approximate surface area is 87.6 Å². The van der Waals surface area contributed by atoms with E-state index >= 15 is 0 Å². The third kappa shape index (κ3) is 2.33. The van der Waals surface area contributed by atoms with Gasteiger partial charge in [-0.2, -0.15) is 0 Å². The van der Waals surface area contributed by atoms with Gasteiger partial charge in [-0.1, -0.05) is 18.2 Å². The fraction of sp³-hybridized carbons (Fsp3) is 0.182. The molecule has 0 spiro atoms. The molecule has 2 nitrogen and oxygen atoms in total. The van der Waals surface area contributed by atoms with Crippen molar-refractivity contribution < 1.29 is 0 Å². The Morgan fingerprint density at radius 2 is 2.21 bits per heavy atom. The number of aromatic nitrogens is 1. The third-order valence-corrected chi connectivity index (χ3v) is 2.60. The summed E-state index contributed by atoms with van der Waals surface area (Å²) in [4.78, 5) is 3.74. The molecular weight excluding hydrogens is 192 g/mol. The van der Waals surface area contributed by atoms with Crippen molar-refractivity contribution in [3.63, 3.8) is 0 Å². The van der Waals surface area contributed by atoms with Crippen LogP contribution in [0.3, 0.4) is 0 Å². The Morgan fingerprint density at radius 3 is 2.86 bits per heavy atom. The molecule has 0 atom stereocenters. The third-order valence-electron chi connectivity index (χ3n) is 2.07. The number of hydrogen-bond acceptors (Lipinski definition) is 3. The van der Waals surface area contributed by atoms with E-state index in [-0.39, 0.29) is 0 Å². The Bertz CT molecular complexity index is 330. The van der Waals surface area contributed by atoms with Gasteiger partial charge in [-0.15, -0.1) is 11.3 Å². The SMILES string of the molecule is c1ccc2c(c1)CCN2.c1cscn1. The molecular formula is C11H12N2S. The minimum atomic E-state index is 1.11. The van der Waals surface area contributed by atoms with Gasteiger partial charge in [0.15, 0.2) is 0 Å². The molecule has 1 aliphatic heterocycles. The fourth-order valence-corrected chi connectivity index (χ4v) is 1.77. The van der Waals surface area contributed by atoms with Crippen molar-refractivity contribution in [1.29, 1.82) is 0 Å². The Morgan fingerprint density at radius 1 is 1.29 bits per heavy atom. The van der Waals surface area contributed by atoms with Crippen LogP contribution in [0, 0.1) is 0 Å². The van der Waals surface area contributed by atoms with Gasteiger partial charge in [0.1, 0.15) is 0 Å². The van der Waals surface area contributed by atoms with Gasteiger partial charge >= 0.3 is 0 Å². The lowest BCUT2D eigenvalue weighted by molar-refractivity contribution is 1.11. The molecule has 3 rings (SSSR count). The average molecular weight is 204 g/mol. The van der Waals surface area contributed by atoms with Crippen molar-refractivity contribution >= 4 is 17.0 Å². The van der Waals surface area contributed by atoms with Crippen molar-refractivity contribution in [2.24, 2.45) is 0 Å². The summed E-state index contributed by atoms with van der Waals surface area (Å²) in [6.07, 6.45) is 2.96. The molecule has 1 aliphatic rings. The van der Waals surface area contributed by atoms with Gasteiger partial charge in [-0.3, -0.25) is 4.98 Å². The number of benzene rings is 1. The predicted octanol–water partition coefficient (Wildman–Crippen LogP) is 2.80. The molecule has 0 amide bonds. The average Bonchev–Trinajstić information content (AvgIpc) is 2.92. The van der Waals surface area contributed by atoms with E-state index in [1.54, 1.807) is 23.0 Å². The van der Waals surface area contributed by atoms with E-state index in [0.717, 1.165) is 6.54 Å². The summed E-state index contributed by atoms with van der Waals surface area (Å²) >= 11 is 1.60. The summed E-state index contributed by atoms with van der Waals surface area (Å²) in [5.74, 6) is 0. The monoisotopic (exact) mass is 204 g/mol. The molecule has 0 aliphatic carbocycles. The Hall–Kier alpha value is -1.35. The first-order valence-corrected chi connectivity index (χ1v) is 5.55. The van der Waals surface area contributed by atoms with E-state index in [1.165, 1.54) is 17.7 Å². The fourth-order valence-electron chi connectivity index (χ4n) is 1.42. The summed E-state index contributed by atoms with van der Waals surface area (Å²) in [5, 5.41) is 5.23. The molecule has 0 bridgehead atoms. The van der Waals surface area contributed by atoms with Crippen molar-refractivity contribution in [3.05, 3.63) is 46.9 Å². The molecule has 0 saturated heterocycles. The summed E-state index contributed by atoms with van der Waals surface area (Å²) in [5.41, 5.74) is 4.56. The zero-order chi connectivity index (χ0) is 9.64. The zero-order valence-electron chi connectivity index (χ0n) is 7.81. The molecule has 2 aromatic rings. The maximum atomic E-state index is 3.74. The van der Waals surface area contributed by atoms with Gasteiger partial charge in [0, 0.05) is 23.8 Å². The highest BCUT2D eigenvalue weighted by Gasteiger charge is 2.05. The van der Waals surface area contributed by atoms with Gasteiger partial charge in [-0.25, -0.2) is 0 Å². The number of rotatable bonds is 0. The summed E-state index contributed by atoms with van der Waals surface area (Å²) in [7, 11) is 0. The smallest absolute Gasteiger partial charge is 0.0791 e. The molecule has 1 aromatic heterocycles. The standard InChI is InChI=1S/C8H9N.C3H3NS/c1-2-4-8-7(3-1)5-6-9-8;1-2-5-3-4-1/h1-4,9H,5-6H2;1-3H. The zero-order valence-corrected chi connectivity index (χ0v) is 8.63. The van der Waals surface area contributed by atoms with E-state index in [1.807, 2.05) is 5.38 Å². The van der Waals surface area contributed by atoms with Gasteiger partial charge in [0.05, 0.1) is 5.51 Å². The Kier molecular flexibility index (Phi) is 3.14. The van der Waals surface area contributed by atoms with E-state index in [2.05, 4.69) is 34.6 Å². The summed E-state index contributed by atoms with van der Waals surface area (Å²) in [6, 6.07) is 8.46. The van der Waals surface area contributed by atoms with Crippen LogP contribution in [0.5, 0.6) is 0 Å². The van der Waals surface area contributed by atoms with Crippen LogP contribution in [0.25, 0.3) is 0 Å². The number of nitrogens with zero attached hydrogens (tertiary/aromatic N) is 1. The highest BCUT2D eigenvalue weighted by Crippen LogP contribution is 2.19. The minimum absolute atomic E-state index is 1.11. The molecule has 2 heterocycles. The van der Waals surface area contributed by atoms with Crippen molar-refractivity contribution in [1.82, 2.24) is 4.98 Å². The minimum Gasteiger partial charge on any atom is -0.384 e. The predicted molar refractivity (Wildman–Crippen MR) is 60.7 cm³/mol. The van der Waals surface area contributed by atoms with E-state index in [9.17, 15) is 0 Å². The quantitative estimate of drug-likeness (QED) is 0.713. The lowest BCUT2D eigenvalue weighted by atomic mass is 10.2. The highest BCUT2D eigenvalue weighted by molar-refractivity contribution is 7.07. The number of hydrogen-bond donors (Lipinski definition) is 1. The Balaban J connectivity index is 0.000000128. The van der Waals surface area contributed by atoms with Gasteiger partial charge in [0.25, 0.3) is 0 Å². The molecule has 0 radical (unpaired) electrons. The van der Waals surface area contributed by atoms with Crippen LogP contribution in [-0.2, 0) is 6.42 Å². The maximum Gasteiger partial charge on any atom is 0.0791 e. The van der Waals surface area contributed by atoms with Gasteiger partial charge in [-0.05, 0) is 18.1 Å². The second-order valence-corrected chi connectivity index (χ2v) is 3.76. The van der Waals surface area contributed by atoms with Crippen LogP contribution in [0.15, 0.2) is 41.4 Å². The van der Waals surface area contributed by atoms with Crippen LogP contribution in [0.4, 0.5) is 5.69 Å². The van der Waals surface area contributed by atoms with Crippen LogP contribution in [0.1, 0.15) is 5.56 Å². The molecule has 0 unspecified atom stereocenters. The molecule has 3 heteroatoms. The maximum absolute atomic E-state index is 3.74. The molecule has 1 N–H and O–H groups in total. The molecule has 72 valence electrons. The highest BCUT2D eigenvalue weighted by atomic mass is 32.1. The first-order chi connectivity index (χ1) is 6.97.